The van der Waals surface area contributed by atoms with E-state index in [0.29, 0.717) is 17.9 Å². The fourth-order valence-electron chi connectivity index (χ4n) is 2.02. The molecule has 116 valence electrons. The summed E-state index contributed by atoms with van der Waals surface area (Å²) >= 11 is 0. The van der Waals surface area contributed by atoms with Gasteiger partial charge in [-0.05, 0) is 17.7 Å². The molecule has 0 fully saturated rings. The Labute approximate surface area is 136 Å². The van der Waals surface area contributed by atoms with E-state index in [-0.39, 0.29) is 11.4 Å². The summed E-state index contributed by atoms with van der Waals surface area (Å²) in [4.78, 5) is 14.0. The van der Waals surface area contributed by atoms with Gasteiger partial charge in [-0.1, -0.05) is 42.5 Å². The summed E-state index contributed by atoms with van der Waals surface area (Å²) in [6, 6.07) is 18.6. The van der Waals surface area contributed by atoms with Gasteiger partial charge in [0.25, 0.3) is 0 Å². The van der Waals surface area contributed by atoms with Gasteiger partial charge in [0.2, 0.25) is 5.78 Å². The van der Waals surface area contributed by atoms with Gasteiger partial charge in [-0.15, -0.1) is 0 Å². The van der Waals surface area contributed by atoms with Gasteiger partial charge in [0, 0.05) is 25.9 Å². The number of hydrogen-bond donors (Lipinski definition) is 0. The van der Waals surface area contributed by atoms with Crippen LogP contribution in [0.1, 0.15) is 15.9 Å². The van der Waals surface area contributed by atoms with Gasteiger partial charge in [0.05, 0.1) is 0 Å². The van der Waals surface area contributed by atoms with Crippen molar-refractivity contribution < 1.29 is 9.53 Å². The summed E-state index contributed by atoms with van der Waals surface area (Å²) in [6.07, 6.45) is 1.51. The molecule has 2 aromatic rings. The molecular weight excluding hydrogens is 288 g/mol. The van der Waals surface area contributed by atoms with Gasteiger partial charge in [-0.3, -0.25) is 4.79 Å². The van der Waals surface area contributed by atoms with Crippen molar-refractivity contribution in [3.05, 3.63) is 77.5 Å². The Morgan fingerprint density at radius 1 is 1.17 bits per heavy atom. The Balaban J connectivity index is 2.13. The summed E-state index contributed by atoms with van der Waals surface area (Å²) in [5, 5.41) is 9.13. The van der Waals surface area contributed by atoms with Gasteiger partial charge in [0.1, 0.15) is 24.0 Å². The lowest BCUT2D eigenvalue weighted by molar-refractivity contribution is 0.103. The Kier molecular flexibility index (Phi) is 5.54. The van der Waals surface area contributed by atoms with E-state index in [1.807, 2.05) is 36.4 Å². The summed E-state index contributed by atoms with van der Waals surface area (Å²) in [7, 11) is 3.54. The third-order valence-corrected chi connectivity index (χ3v) is 3.10. The predicted octanol–water partition coefficient (Wildman–Crippen LogP) is 3.42. The van der Waals surface area contributed by atoms with E-state index in [0.717, 1.165) is 5.56 Å². The average molecular weight is 306 g/mol. The fraction of sp³-hybridized carbons (Fsp3) is 0.158. The molecule has 0 aromatic heterocycles. The topological polar surface area (TPSA) is 53.3 Å². The number of carbonyl (C=O) groups excluding carboxylic acids is 1. The molecule has 0 amide bonds. The largest absolute Gasteiger partial charge is 0.489 e. The van der Waals surface area contributed by atoms with Crippen LogP contribution in [0.3, 0.4) is 0 Å². The van der Waals surface area contributed by atoms with E-state index in [1.54, 1.807) is 43.3 Å². The summed E-state index contributed by atoms with van der Waals surface area (Å²) in [5.41, 5.74) is 1.58. The molecule has 0 aliphatic heterocycles. The van der Waals surface area contributed by atoms with Gasteiger partial charge in [-0.25, -0.2) is 0 Å². The second-order valence-corrected chi connectivity index (χ2v) is 5.25. The third-order valence-electron chi connectivity index (χ3n) is 3.10. The zero-order valence-corrected chi connectivity index (χ0v) is 13.2. The molecule has 0 spiro atoms. The number of nitriles is 1. The van der Waals surface area contributed by atoms with E-state index in [9.17, 15) is 4.79 Å². The van der Waals surface area contributed by atoms with Crippen LogP contribution in [0.4, 0.5) is 0 Å². The van der Waals surface area contributed by atoms with Gasteiger partial charge >= 0.3 is 0 Å². The molecule has 0 saturated carbocycles. The number of hydrogen-bond acceptors (Lipinski definition) is 4. The van der Waals surface area contributed by atoms with Gasteiger partial charge in [0.15, 0.2) is 0 Å². The maximum Gasteiger partial charge on any atom is 0.205 e. The highest BCUT2D eigenvalue weighted by molar-refractivity contribution is 6.11. The SMILES string of the molecule is CN(C)/C=C(\C#N)C(=O)c1cccc(OCc2ccccc2)c1. The first-order chi connectivity index (χ1) is 11.1. The van der Waals surface area contributed by atoms with Crippen LogP contribution in [0.15, 0.2) is 66.4 Å². The van der Waals surface area contributed by atoms with Crippen molar-refractivity contribution in [2.45, 2.75) is 6.61 Å². The van der Waals surface area contributed by atoms with Crippen LogP contribution in [0.25, 0.3) is 0 Å². The number of carbonyl (C=O) groups is 1. The van der Waals surface area contributed by atoms with E-state index in [1.165, 1.54) is 6.20 Å². The highest BCUT2D eigenvalue weighted by Gasteiger charge is 2.13. The molecule has 2 aromatic carbocycles. The maximum absolute atomic E-state index is 12.4. The minimum Gasteiger partial charge on any atom is -0.489 e. The van der Waals surface area contributed by atoms with Crippen molar-refractivity contribution >= 4 is 5.78 Å². The maximum atomic E-state index is 12.4. The van der Waals surface area contributed by atoms with Gasteiger partial charge < -0.3 is 9.64 Å². The first kappa shape index (κ1) is 16.3. The monoisotopic (exact) mass is 306 g/mol. The standard InChI is InChI=1S/C19H18N2O2/c1-21(2)13-17(12-20)19(22)16-9-6-10-18(11-16)23-14-15-7-4-3-5-8-15/h3-11,13H,14H2,1-2H3/b17-13+. The van der Waals surface area contributed by atoms with Crippen LogP contribution in [0.2, 0.25) is 0 Å². The number of nitrogens with zero attached hydrogens (tertiary/aromatic N) is 2. The Morgan fingerprint density at radius 2 is 1.91 bits per heavy atom. The zero-order valence-electron chi connectivity index (χ0n) is 13.2. The Morgan fingerprint density at radius 3 is 2.57 bits per heavy atom. The molecule has 0 heterocycles. The summed E-state index contributed by atoms with van der Waals surface area (Å²) < 4.78 is 5.71. The molecule has 2 rings (SSSR count). The minimum absolute atomic E-state index is 0.0928. The number of benzene rings is 2. The minimum atomic E-state index is -0.314. The van der Waals surface area contributed by atoms with Crippen LogP contribution in [0, 0.1) is 11.3 Å². The molecule has 0 saturated heterocycles. The first-order valence-corrected chi connectivity index (χ1v) is 7.20. The second-order valence-electron chi connectivity index (χ2n) is 5.25. The molecule has 4 nitrogen and oxygen atoms in total. The molecular formula is C19H18N2O2. The highest BCUT2D eigenvalue weighted by atomic mass is 16.5. The van der Waals surface area contributed by atoms with Crippen LogP contribution >= 0.6 is 0 Å². The van der Waals surface area contributed by atoms with Crippen molar-refractivity contribution in [3.8, 4) is 11.8 Å². The number of ether oxygens (including phenoxy) is 1. The third kappa shape index (κ3) is 4.72. The zero-order chi connectivity index (χ0) is 16.7. The van der Waals surface area contributed by atoms with E-state index >= 15 is 0 Å². The van der Waals surface area contributed by atoms with Crippen molar-refractivity contribution in [1.29, 1.82) is 5.26 Å². The van der Waals surface area contributed by atoms with Crippen molar-refractivity contribution in [2.75, 3.05) is 14.1 Å². The predicted molar refractivity (Wildman–Crippen MR) is 88.9 cm³/mol. The molecule has 0 atom stereocenters. The van der Waals surface area contributed by atoms with Crippen molar-refractivity contribution in [2.24, 2.45) is 0 Å². The normalized spacial score (nSPS) is 10.7. The smallest absolute Gasteiger partial charge is 0.205 e. The van der Waals surface area contributed by atoms with Crippen LogP contribution < -0.4 is 4.74 Å². The van der Waals surface area contributed by atoms with Crippen LogP contribution in [-0.2, 0) is 6.61 Å². The van der Waals surface area contributed by atoms with E-state index in [2.05, 4.69) is 0 Å². The molecule has 0 radical (unpaired) electrons. The Bertz CT molecular complexity index is 743. The van der Waals surface area contributed by atoms with Crippen molar-refractivity contribution in [1.82, 2.24) is 4.90 Å². The fourth-order valence-corrected chi connectivity index (χ4v) is 2.02. The van der Waals surface area contributed by atoms with Crippen molar-refractivity contribution in [3.63, 3.8) is 0 Å². The summed E-state index contributed by atoms with van der Waals surface area (Å²) in [6.45, 7) is 0.428. The second kappa shape index (κ2) is 7.81. The number of Topliss-reactive ketones (excluding diaryl/α,β-unsaturated/α-hetero) is 1. The molecule has 0 aliphatic carbocycles. The Hall–Kier alpha value is -3.06. The highest BCUT2D eigenvalue weighted by Crippen LogP contribution is 2.18. The lowest BCUT2D eigenvalue weighted by Gasteiger charge is -2.09. The molecule has 0 unspecified atom stereocenters. The average Bonchev–Trinajstić information content (AvgIpc) is 2.58. The van der Waals surface area contributed by atoms with Crippen LogP contribution in [-0.4, -0.2) is 24.8 Å². The number of rotatable bonds is 6. The number of ketones is 1. The van der Waals surface area contributed by atoms with E-state index < -0.39 is 0 Å². The molecule has 23 heavy (non-hydrogen) atoms. The van der Waals surface area contributed by atoms with Crippen LogP contribution in [0.5, 0.6) is 5.75 Å². The van der Waals surface area contributed by atoms with Gasteiger partial charge in [-0.2, -0.15) is 5.26 Å². The molecule has 0 aliphatic rings. The molecule has 0 N–H and O–H groups in total. The molecule has 4 heteroatoms. The lowest BCUT2D eigenvalue weighted by Crippen LogP contribution is -2.09. The summed E-state index contributed by atoms with van der Waals surface area (Å²) in [5.74, 6) is 0.285. The first-order valence-electron chi connectivity index (χ1n) is 7.20. The quantitative estimate of drug-likeness (QED) is 0.466. The lowest BCUT2D eigenvalue weighted by atomic mass is 10.0. The number of allylic oxidation sites excluding steroid dienone is 1. The molecule has 0 bridgehead atoms. The van der Waals surface area contributed by atoms with E-state index in [4.69, 9.17) is 10.00 Å².